The van der Waals surface area contributed by atoms with Crippen molar-refractivity contribution in [2.45, 2.75) is 33.1 Å². The predicted octanol–water partition coefficient (Wildman–Crippen LogP) is 0.817. The maximum Gasteiger partial charge on any atom is 0.264 e. The Balaban J connectivity index is 3.48. The molecule has 15 heavy (non-hydrogen) atoms. The molecule has 5 nitrogen and oxygen atoms in total. The lowest BCUT2D eigenvalue weighted by Gasteiger charge is -2.06. The van der Waals surface area contributed by atoms with Gasteiger partial charge in [0.15, 0.2) is 0 Å². The molecule has 0 aliphatic rings. The van der Waals surface area contributed by atoms with Gasteiger partial charge in [0, 0.05) is 13.0 Å². The molecule has 0 aromatic heterocycles. The lowest BCUT2D eigenvalue weighted by atomic mass is 10.2. The van der Waals surface area contributed by atoms with E-state index in [2.05, 4.69) is 5.32 Å². The Labute approximate surface area is 91.0 Å². The van der Waals surface area contributed by atoms with Crippen molar-refractivity contribution in [2.24, 2.45) is 5.92 Å². The molecule has 0 fully saturated rings. The zero-order valence-corrected chi connectivity index (χ0v) is 10.0. The van der Waals surface area contributed by atoms with Gasteiger partial charge in [-0.15, -0.1) is 0 Å². The van der Waals surface area contributed by atoms with Crippen LogP contribution >= 0.6 is 0 Å². The third-order valence-electron chi connectivity index (χ3n) is 1.76. The second-order valence-corrected chi connectivity index (χ2v) is 5.51. The highest BCUT2D eigenvalue weighted by molar-refractivity contribution is 7.85. The molecule has 1 amide bonds. The predicted molar refractivity (Wildman–Crippen MR) is 58.1 cm³/mol. The second-order valence-electron chi connectivity index (χ2n) is 3.94. The van der Waals surface area contributed by atoms with Crippen LogP contribution in [0.25, 0.3) is 0 Å². The van der Waals surface area contributed by atoms with Gasteiger partial charge in [-0.3, -0.25) is 9.35 Å². The van der Waals surface area contributed by atoms with Gasteiger partial charge in [0.2, 0.25) is 5.91 Å². The highest BCUT2D eigenvalue weighted by atomic mass is 32.2. The molecule has 0 unspecified atom stereocenters. The zero-order chi connectivity index (χ0) is 11.9. The van der Waals surface area contributed by atoms with Crippen molar-refractivity contribution in [1.29, 1.82) is 0 Å². The monoisotopic (exact) mass is 237 g/mol. The van der Waals surface area contributed by atoms with E-state index < -0.39 is 10.1 Å². The van der Waals surface area contributed by atoms with Crippen LogP contribution in [0, 0.1) is 5.92 Å². The van der Waals surface area contributed by atoms with Crippen LogP contribution in [-0.2, 0) is 14.9 Å². The third kappa shape index (κ3) is 11.3. The maximum absolute atomic E-state index is 11.1. The molecule has 6 heteroatoms. The average molecular weight is 237 g/mol. The van der Waals surface area contributed by atoms with Crippen LogP contribution in [0.3, 0.4) is 0 Å². The van der Waals surface area contributed by atoms with Gasteiger partial charge in [-0.05, 0) is 18.8 Å². The summed E-state index contributed by atoms with van der Waals surface area (Å²) in [7, 11) is -3.88. The van der Waals surface area contributed by atoms with Gasteiger partial charge < -0.3 is 5.32 Å². The lowest BCUT2D eigenvalue weighted by molar-refractivity contribution is -0.121. The first-order valence-electron chi connectivity index (χ1n) is 5.03. The summed E-state index contributed by atoms with van der Waals surface area (Å²) in [5.74, 6) is 0.0654. The summed E-state index contributed by atoms with van der Waals surface area (Å²) in [6, 6.07) is 0. The Morgan fingerprint density at radius 1 is 1.33 bits per heavy atom. The molecule has 0 radical (unpaired) electrons. The first kappa shape index (κ1) is 14.4. The normalized spacial score (nSPS) is 11.7. The van der Waals surface area contributed by atoms with Gasteiger partial charge in [-0.25, -0.2) is 0 Å². The average Bonchev–Trinajstić information content (AvgIpc) is 2.07. The quantitative estimate of drug-likeness (QED) is 0.507. The van der Waals surface area contributed by atoms with Gasteiger partial charge in [-0.2, -0.15) is 8.42 Å². The van der Waals surface area contributed by atoms with E-state index in [1.165, 1.54) is 0 Å². The summed E-state index contributed by atoms with van der Waals surface area (Å²) in [6.45, 7) is 4.63. The second kappa shape index (κ2) is 6.79. The summed E-state index contributed by atoms with van der Waals surface area (Å²) in [5.41, 5.74) is 0. The molecular weight excluding hydrogens is 218 g/mol. The van der Waals surface area contributed by atoms with E-state index in [1.807, 2.05) is 13.8 Å². The number of nitrogens with one attached hydrogen (secondary N) is 1. The number of hydrogen-bond donors (Lipinski definition) is 2. The number of carbonyl (C=O) groups excluding carboxylic acids is 1. The molecule has 0 bridgehead atoms. The van der Waals surface area contributed by atoms with Crippen LogP contribution in [0.15, 0.2) is 0 Å². The van der Waals surface area contributed by atoms with Crippen molar-refractivity contribution in [3.63, 3.8) is 0 Å². The van der Waals surface area contributed by atoms with Crippen LogP contribution in [0.5, 0.6) is 0 Å². The number of unbranched alkanes of at least 4 members (excludes halogenated alkanes) is 1. The number of amides is 1. The number of carbonyl (C=O) groups is 1. The molecule has 0 rings (SSSR count). The Morgan fingerprint density at radius 3 is 2.40 bits per heavy atom. The highest BCUT2D eigenvalue weighted by Gasteiger charge is 2.06. The van der Waals surface area contributed by atoms with Crippen LogP contribution in [0.1, 0.15) is 33.1 Å². The van der Waals surface area contributed by atoms with E-state index >= 15 is 0 Å². The summed E-state index contributed by atoms with van der Waals surface area (Å²) < 4.78 is 29.1. The third-order valence-corrected chi connectivity index (χ3v) is 2.57. The highest BCUT2D eigenvalue weighted by Crippen LogP contribution is 1.98. The first-order valence-corrected chi connectivity index (χ1v) is 6.64. The van der Waals surface area contributed by atoms with Crippen LogP contribution in [0.2, 0.25) is 0 Å². The molecule has 0 saturated carbocycles. The van der Waals surface area contributed by atoms with Gasteiger partial charge in [-0.1, -0.05) is 13.8 Å². The Hall–Kier alpha value is -0.620. The topological polar surface area (TPSA) is 83.5 Å². The minimum atomic E-state index is -3.88. The fourth-order valence-electron chi connectivity index (χ4n) is 0.976. The molecule has 90 valence electrons. The molecule has 0 atom stereocenters. The van der Waals surface area contributed by atoms with E-state index in [-0.39, 0.29) is 11.7 Å². The summed E-state index contributed by atoms with van der Waals surface area (Å²) in [6.07, 6.45) is 1.10. The van der Waals surface area contributed by atoms with Crippen LogP contribution in [0.4, 0.5) is 0 Å². The smallest absolute Gasteiger partial charge is 0.264 e. The van der Waals surface area contributed by atoms with Crippen molar-refractivity contribution in [3.8, 4) is 0 Å². The zero-order valence-electron chi connectivity index (χ0n) is 9.19. The minimum absolute atomic E-state index is 0.0703. The molecule has 0 heterocycles. The Bertz CT molecular complexity index is 284. The molecular formula is C9H19NO4S. The molecule has 0 saturated heterocycles. The Morgan fingerprint density at radius 2 is 1.93 bits per heavy atom. The van der Waals surface area contributed by atoms with E-state index in [9.17, 15) is 13.2 Å². The number of rotatable bonds is 7. The van der Waals surface area contributed by atoms with Crippen LogP contribution < -0.4 is 5.32 Å². The van der Waals surface area contributed by atoms with Crippen molar-refractivity contribution in [1.82, 2.24) is 5.32 Å². The van der Waals surface area contributed by atoms with E-state index in [4.69, 9.17) is 4.55 Å². The Kier molecular flexibility index (Phi) is 6.51. The van der Waals surface area contributed by atoms with E-state index in [1.54, 1.807) is 0 Å². The molecule has 0 aromatic carbocycles. The molecule has 0 aromatic rings. The molecule has 0 aliphatic heterocycles. The van der Waals surface area contributed by atoms with Gasteiger partial charge in [0.1, 0.15) is 0 Å². The van der Waals surface area contributed by atoms with Crippen molar-refractivity contribution < 1.29 is 17.8 Å². The number of hydrogen-bond acceptors (Lipinski definition) is 3. The summed E-state index contributed by atoms with van der Waals surface area (Å²) in [4.78, 5) is 11.1. The van der Waals surface area contributed by atoms with Crippen molar-refractivity contribution in [2.75, 3.05) is 12.3 Å². The van der Waals surface area contributed by atoms with Gasteiger partial charge >= 0.3 is 0 Å². The van der Waals surface area contributed by atoms with Gasteiger partial charge in [0.25, 0.3) is 10.1 Å². The van der Waals surface area contributed by atoms with Crippen LogP contribution in [-0.4, -0.2) is 31.2 Å². The van der Waals surface area contributed by atoms with E-state index in [0.29, 0.717) is 31.7 Å². The summed E-state index contributed by atoms with van der Waals surface area (Å²) >= 11 is 0. The molecule has 2 N–H and O–H groups in total. The molecule has 0 spiro atoms. The SMILES string of the molecule is CC(C)CNC(=O)CCCCS(=O)(=O)O. The van der Waals surface area contributed by atoms with Gasteiger partial charge in [0.05, 0.1) is 5.75 Å². The minimum Gasteiger partial charge on any atom is -0.356 e. The van der Waals surface area contributed by atoms with Crippen molar-refractivity contribution in [3.05, 3.63) is 0 Å². The standard InChI is InChI=1S/C9H19NO4S/c1-8(2)7-10-9(11)5-3-4-6-15(12,13)14/h8H,3-7H2,1-2H3,(H,10,11)(H,12,13,14). The van der Waals surface area contributed by atoms with E-state index in [0.717, 1.165) is 0 Å². The molecule has 0 aliphatic carbocycles. The fourth-order valence-corrected chi connectivity index (χ4v) is 1.55. The van der Waals surface area contributed by atoms with Crippen molar-refractivity contribution >= 4 is 16.0 Å². The summed E-state index contributed by atoms with van der Waals surface area (Å²) in [5, 5.41) is 2.73. The first-order chi connectivity index (χ1) is 6.81. The fraction of sp³-hybridized carbons (Fsp3) is 0.889. The maximum atomic E-state index is 11.1. The lowest BCUT2D eigenvalue weighted by Crippen LogP contribution is -2.27. The largest absolute Gasteiger partial charge is 0.356 e.